The maximum atomic E-state index is 11.4. The van der Waals surface area contributed by atoms with Gasteiger partial charge in [-0.05, 0) is 62.1 Å². The van der Waals surface area contributed by atoms with Crippen LogP contribution < -0.4 is 9.64 Å². The quantitative estimate of drug-likeness (QED) is 0.601. The normalized spacial score (nSPS) is 14.1. The summed E-state index contributed by atoms with van der Waals surface area (Å²) in [6.07, 6.45) is 2.24. The number of aliphatic carboxylic acids is 1. The second-order valence-electron chi connectivity index (χ2n) is 7.59. The van der Waals surface area contributed by atoms with Gasteiger partial charge in [-0.3, -0.25) is 9.78 Å². The Balaban J connectivity index is 1.68. The monoisotopic (exact) mass is 390 g/mol. The van der Waals surface area contributed by atoms with Crippen LogP contribution in [0.5, 0.6) is 11.5 Å². The molecule has 2 heterocycles. The number of anilines is 1. The molecule has 1 aromatic heterocycles. The van der Waals surface area contributed by atoms with E-state index in [1.165, 1.54) is 11.3 Å². The Morgan fingerprint density at radius 2 is 2.00 bits per heavy atom. The fourth-order valence-corrected chi connectivity index (χ4v) is 4.13. The van der Waals surface area contributed by atoms with Gasteiger partial charge in [0.15, 0.2) is 0 Å². The number of para-hydroxylation sites is 1. The highest BCUT2D eigenvalue weighted by Crippen LogP contribution is 2.39. The number of aromatic nitrogens is 1. The van der Waals surface area contributed by atoms with Gasteiger partial charge in [-0.25, -0.2) is 0 Å². The van der Waals surface area contributed by atoms with Gasteiger partial charge in [0.2, 0.25) is 0 Å². The summed E-state index contributed by atoms with van der Waals surface area (Å²) in [4.78, 5) is 18.5. The van der Waals surface area contributed by atoms with E-state index in [4.69, 9.17) is 9.72 Å². The molecule has 29 heavy (non-hydrogen) atoms. The van der Waals surface area contributed by atoms with Crippen LogP contribution in [0.25, 0.3) is 10.9 Å². The molecule has 1 N–H and O–H groups in total. The lowest BCUT2D eigenvalue weighted by Gasteiger charge is -2.23. The molecule has 1 aliphatic rings. The van der Waals surface area contributed by atoms with Crippen LogP contribution in [0.2, 0.25) is 0 Å². The van der Waals surface area contributed by atoms with Gasteiger partial charge in [-0.15, -0.1) is 0 Å². The average Bonchev–Trinajstić information content (AvgIpc) is 3.15. The van der Waals surface area contributed by atoms with Crippen molar-refractivity contribution in [3.05, 3.63) is 59.8 Å². The average molecular weight is 390 g/mol. The molecule has 1 unspecified atom stereocenters. The second kappa shape index (κ2) is 8.11. The van der Waals surface area contributed by atoms with Crippen molar-refractivity contribution < 1.29 is 14.6 Å². The topological polar surface area (TPSA) is 62.7 Å². The highest BCUT2D eigenvalue weighted by atomic mass is 16.5. The summed E-state index contributed by atoms with van der Waals surface area (Å²) in [5.74, 6) is 0.569. The van der Waals surface area contributed by atoms with E-state index in [-0.39, 0.29) is 5.92 Å². The Morgan fingerprint density at radius 1 is 1.21 bits per heavy atom. The number of hydrogen-bond donors (Lipinski definition) is 1. The fourth-order valence-electron chi connectivity index (χ4n) is 4.13. The van der Waals surface area contributed by atoms with Crippen molar-refractivity contribution >= 4 is 22.6 Å². The standard InChI is InChI=1S/C24H26N2O3/c1-3-17(24(27)28)11-13-26-14-12-20-16(2)25-22-10-9-19(15-21(22)23(20)26)29-18-7-5-4-6-8-18/h4-10,15,17H,3,11-14H2,1-2H3,(H,27,28). The van der Waals surface area contributed by atoms with E-state index in [9.17, 15) is 9.90 Å². The van der Waals surface area contributed by atoms with Crippen LogP contribution in [-0.2, 0) is 11.2 Å². The van der Waals surface area contributed by atoms with Crippen molar-refractivity contribution in [3.8, 4) is 11.5 Å². The van der Waals surface area contributed by atoms with Gasteiger partial charge in [-0.1, -0.05) is 25.1 Å². The molecule has 0 aliphatic carbocycles. The molecule has 0 amide bonds. The number of rotatable bonds is 7. The van der Waals surface area contributed by atoms with E-state index in [2.05, 4.69) is 17.9 Å². The molecule has 0 fully saturated rings. The fraction of sp³-hybridized carbons (Fsp3) is 0.333. The lowest BCUT2D eigenvalue weighted by molar-refractivity contribution is -0.141. The minimum absolute atomic E-state index is 0.301. The van der Waals surface area contributed by atoms with Crippen molar-refractivity contribution in [2.45, 2.75) is 33.1 Å². The molecule has 0 saturated carbocycles. The molecule has 5 nitrogen and oxygen atoms in total. The number of carboxylic acids is 1. The van der Waals surface area contributed by atoms with Gasteiger partial charge in [0.05, 0.1) is 17.1 Å². The Morgan fingerprint density at radius 3 is 2.72 bits per heavy atom. The lowest BCUT2D eigenvalue weighted by Crippen LogP contribution is -2.26. The van der Waals surface area contributed by atoms with Gasteiger partial charge in [0, 0.05) is 24.2 Å². The first-order valence-electron chi connectivity index (χ1n) is 10.2. The first-order valence-corrected chi connectivity index (χ1v) is 10.2. The number of pyridine rings is 1. The Hall–Kier alpha value is -3.08. The summed E-state index contributed by atoms with van der Waals surface area (Å²) in [5.41, 5.74) is 4.44. The molecule has 0 radical (unpaired) electrons. The first kappa shape index (κ1) is 19.2. The molecule has 1 atom stereocenters. The van der Waals surface area contributed by atoms with Gasteiger partial charge < -0.3 is 14.7 Å². The molecule has 0 spiro atoms. The molecular weight excluding hydrogens is 364 g/mol. The molecule has 2 aromatic carbocycles. The summed E-state index contributed by atoms with van der Waals surface area (Å²) in [5, 5.41) is 10.5. The second-order valence-corrected chi connectivity index (χ2v) is 7.59. The van der Waals surface area contributed by atoms with E-state index < -0.39 is 5.97 Å². The van der Waals surface area contributed by atoms with E-state index >= 15 is 0 Å². The van der Waals surface area contributed by atoms with Crippen molar-refractivity contribution in [3.63, 3.8) is 0 Å². The number of aryl methyl sites for hydroxylation is 1. The molecule has 1 aliphatic heterocycles. The number of carbonyl (C=O) groups is 1. The molecule has 150 valence electrons. The molecular formula is C24H26N2O3. The van der Waals surface area contributed by atoms with Crippen LogP contribution in [0.3, 0.4) is 0 Å². The highest BCUT2D eigenvalue weighted by molar-refractivity contribution is 5.96. The zero-order chi connectivity index (χ0) is 20.4. The first-order chi connectivity index (χ1) is 14.1. The molecule has 3 aromatic rings. The van der Waals surface area contributed by atoms with Gasteiger partial charge in [-0.2, -0.15) is 0 Å². The largest absolute Gasteiger partial charge is 0.481 e. The van der Waals surface area contributed by atoms with Crippen molar-refractivity contribution in [1.82, 2.24) is 4.98 Å². The van der Waals surface area contributed by atoms with Gasteiger partial charge in [0.1, 0.15) is 11.5 Å². The maximum Gasteiger partial charge on any atom is 0.306 e. The van der Waals surface area contributed by atoms with Crippen molar-refractivity contribution in [2.24, 2.45) is 5.92 Å². The van der Waals surface area contributed by atoms with E-state index in [1.54, 1.807) is 0 Å². The predicted octanol–water partition coefficient (Wildman–Crippen LogP) is 5.20. The van der Waals surface area contributed by atoms with Crippen LogP contribution in [-0.4, -0.2) is 29.1 Å². The molecule has 5 heteroatoms. The van der Waals surface area contributed by atoms with Crippen molar-refractivity contribution in [1.29, 1.82) is 0 Å². The van der Waals surface area contributed by atoms with Crippen LogP contribution in [0.15, 0.2) is 48.5 Å². The van der Waals surface area contributed by atoms with Crippen LogP contribution in [0, 0.1) is 12.8 Å². The minimum Gasteiger partial charge on any atom is -0.481 e. The van der Waals surface area contributed by atoms with Crippen LogP contribution >= 0.6 is 0 Å². The lowest BCUT2D eigenvalue weighted by atomic mass is 10.0. The number of carboxylic acid groups (broad SMARTS) is 1. The summed E-state index contributed by atoms with van der Waals surface area (Å²) in [6, 6.07) is 15.7. The third-order valence-electron chi connectivity index (χ3n) is 5.75. The zero-order valence-corrected chi connectivity index (χ0v) is 16.9. The number of nitrogens with zero attached hydrogens (tertiary/aromatic N) is 2. The SMILES string of the molecule is CCC(CCN1CCc2c(C)nc3ccc(Oc4ccccc4)cc3c21)C(=O)O. The molecule has 4 rings (SSSR count). The zero-order valence-electron chi connectivity index (χ0n) is 16.9. The highest BCUT2D eigenvalue weighted by Gasteiger charge is 2.26. The predicted molar refractivity (Wildman–Crippen MR) is 115 cm³/mol. The maximum absolute atomic E-state index is 11.4. The van der Waals surface area contributed by atoms with Gasteiger partial charge >= 0.3 is 5.97 Å². The number of benzene rings is 2. The summed E-state index contributed by atoms with van der Waals surface area (Å²) >= 11 is 0. The molecule has 0 bridgehead atoms. The summed E-state index contributed by atoms with van der Waals surface area (Å²) in [7, 11) is 0. The third-order valence-corrected chi connectivity index (χ3v) is 5.75. The smallest absolute Gasteiger partial charge is 0.306 e. The Kier molecular flexibility index (Phi) is 5.38. The van der Waals surface area contributed by atoms with Gasteiger partial charge in [0.25, 0.3) is 0 Å². The van der Waals surface area contributed by atoms with E-state index in [0.29, 0.717) is 12.8 Å². The summed E-state index contributed by atoms with van der Waals surface area (Å²) in [6.45, 7) is 5.63. The summed E-state index contributed by atoms with van der Waals surface area (Å²) < 4.78 is 6.03. The minimum atomic E-state index is -0.707. The third kappa shape index (κ3) is 3.90. The Labute approximate surface area is 170 Å². The van der Waals surface area contributed by atoms with E-state index in [0.717, 1.165) is 47.6 Å². The van der Waals surface area contributed by atoms with E-state index in [1.807, 2.05) is 49.4 Å². The van der Waals surface area contributed by atoms with Crippen LogP contribution in [0.4, 0.5) is 5.69 Å². The number of ether oxygens (including phenoxy) is 1. The van der Waals surface area contributed by atoms with Crippen LogP contribution in [0.1, 0.15) is 31.0 Å². The van der Waals surface area contributed by atoms with Crippen molar-refractivity contribution in [2.75, 3.05) is 18.0 Å². The number of hydrogen-bond acceptors (Lipinski definition) is 4. The molecule has 0 saturated heterocycles. The number of fused-ring (bicyclic) bond motifs is 3. The Bertz CT molecular complexity index is 1030.